The summed E-state index contributed by atoms with van der Waals surface area (Å²) >= 11 is 0. The van der Waals surface area contributed by atoms with Crippen molar-refractivity contribution in [3.63, 3.8) is 0 Å². The van der Waals surface area contributed by atoms with E-state index in [0.29, 0.717) is 12.6 Å². The Morgan fingerprint density at radius 3 is 2.63 bits per heavy atom. The lowest BCUT2D eigenvalue weighted by molar-refractivity contribution is 0.155. The second kappa shape index (κ2) is 6.53. The average molecular weight is 265 g/mol. The van der Waals surface area contributed by atoms with Gasteiger partial charge in [-0.05, 0) is 32.6 Å². The Bertz CT molecular complexity index is 410. The maximum atomic E-state index is 5.27. The summed E-state index contributed by atoms with van der Waals surface area (Å²) in [5.41, 5.74) is 4.03. The molecule has 0 bridgehead atoms. The summed E-state index contributed by atoms with van der Waals surface area (Å²) in [7, 11) is 1.75. The quantitative estimate of drug-likeness (QED) is 0.785. The maximum absolute atomic E-state index is 5.27. The molecule has 1 unspecified atom stereocenters. The first kappa shape index (κ1) is 14.5. The molecule has 1 aliphatic rings. The van der Waals surface area contributed by atoms with E-state index in [1.165, 1.54) is 29.8 Å². The van der Waals surface area contributed by atoms with Crippen LogP contribution in [0.5, 0.6) is 0 Å². The molecule has 1 heterocycles. The summed E-state index contributed by atoms with van der Waals surface area (Å²) in [5, 5.41) is 8.44. The van der Waals surface area contributed by atoms with E-state index in [-0.39, 0.29) is 0 Å². The second-order valence-electron chi connectivity index (χ2n) is 5.48. The monoisotopic (exact) mass is 265 g/mol. The molecule has 0 aromatic carbocycles. The van der Waals surface area contributed by atoms with Crippen molar-refractivity contribution >= 4 is 0 Å². The third-order valence-corrected chi connectivity index (χ3v) is 3.84. The first-order valence-corrected chi connectivity index (χ1v) is 7.52. The van der Waals surface area contributed by atoms with Crippen LogP contribution in [0.15, 0.2) is 0 Å². The third-order valence-electron chi connectivity index (χ3n) is 3.84. The van der Waals surface area contributed by atoms with E-state index in [4.69, 9.17) is 9.84 Å². The van der Waals surface area contributed by atoms with Crippen molar-refractivity contribution in [2.75, 3.05) is 13.7 Å². The highest BCUT2D eigenvalue weighted by Crippen LogP contribution is 2.23. The Balaban J connectivity index is 2.21. The zero-order chi connectivity index (χ0) is 13.8. The molecule has 0 saturated heterocycles. The molecule has 108 valence electrons. The van der Waals surface area contributed by atoms with Crippen LogP contribution in [0.1, 0.15) is 56.6 Å². The fourth-order valence-electron chi connectivity index (χ4n) is 2.63. The Morgan fingerprint density at radius 2 is 2.11 bits per heavy atom. The van der Waals surface area contributed by atoms with Crippen LogP contribution in [0.25, 0.3) is 0 Å². The van der Waals surface area contributed by atoms with Gasteiger partial charge >= 0.3 is 0 Å². The fourth-order valence-corrected chi connectivity index (χ4v) is 2.63. The smallest absolute Gasteiger partial charge is 0.0727 e. The summed E-state index contributed by atoms with van der Waals surface area (Å²) in [6.45, 7) is 8.26. The Kier molecular flexibility index (Phi) is 4.99. The molecule has 0 spiro atoms. The molecule has 19 heavy (non-hydrogen) atoms. The van der Waals surface area contributed by atoms with Gasteiger partial charge in [0.25, 0.3) is 0 Å². The van der Waals surface area contributed by atoms with Crippen LogP contribution < -0.4 is 5.32 Å². The van der Waals surface area contributed by atoms with Crippen LogP contribution in [0, 0.1) is 0 Å². The number of aromatic nitrogens is 2. The van der Waals surface area contributed by atoms with Crippen molar-refractivity contribution < 1.29 is 4.74 Å². The lowest BCUT2D eigenvalue weighted by Gasteiger charge is -2.15. The van der Waals surface area contributed by atoms with Gasteiger partial charge in [-0.2, -0.15) is 5.10 Å². The number of ether oxygens (including phenoxy) is 1. The number of aryl methyl sites for hydroxylation is 1. The number of methoxy groups -OCH3 is 1. The minimum Gasteiger partial charge on any atom is -0.382 e. The minimum atomic E-state index is 0.305. The van der Waals surface area contributed by atoms with Crippen molar-refractivity contribution in [1.82, 2.24) is 15.1 Å². The number of hydrogen-bond acceptors (Lipinski definition) is 3. The van der Waals surface area contributed by atoms with E-state index in [1.807, 2.05) is 0 Å². The maximum Gasteiger partial charge on any atom is 0.0727 e. The van der Waals surface area contributed by atoms with Crippen LogP contribution in [-0.4, -0.2) is 29.5 Å². The van der Waals surface area contributed by atoms with Gasteiger partial charge in [-0.25, -0.2) is 0 Å². The van der Waals surface area contributed by atoms with Crippen molar-refractivity contribution in [3.05, 3.63) is 17.0 Å². The molecule has 2 rings (SSSR count). The van der Waals surface area contributed by atoms with Gasteiger partial charge in [0, 0.05) is 31.0 Å². The van der Waals surface area contributed by atoms with E-state index < -0.39 is 0 Å². The molecule has 4 nitrogen and oxygen atoms in total. The van der Waals surface area contributed by atoms with Crippen molar-refractivity contribution in [2.45, 2.75) is 65.1 Å². The molecule has 1 aliphatic carbocycles. The first-order chi connectivity index (χ1) is 9.21. The van der Waals surface area contributed by atoms with Gasteiger partial charge in [0.2, 0.25) is 0 Å². The average Bonchev–Trinajstić information content (AvgIpc) is 3.16. The highest BCUT2D eigenvalue weighted by molar-refractivity contribution is 5.27. The van der Waals surface area contributed by atoms with Crippen LogP contribution in [-0.2, 0) is 24.1 Å². The predicted octanol–water partition coefficient (Wildman–Crippen LogP) is 2.47. The Hall–Kier alpha value is -0.870. The summed E-state index contributed by atoms with van der Waals surface area (Å²) < 4.78 is 7.44. The third kappa shape index (κ3) is 3.37. The lowest BCUT2D eigenvalue weighted by Crippen LogP contribution is -2.18. The molecule has 0 amide bonds. The van der Waals surface area contributed by atoms with Gasteiger partial charge in [-0.1, -0.05) is 13.8 Å². The SMILES string of the molecule is CCc1nn(C(C)COC)c(CC)c1CNC1CC1. The van der Waals surface area contributed by atoms with E-state index in [0.717, 1.165) is 25.4 Å². The zero-order valence-corrected chi connectivity index (χ0v) is 12.7. The molecular weight excluding hydrogens is 238 g/mol. The molecule has 1 aromatic heterocycles. The predicted molar refractivity (Wildman–Crippen MR) is 77.4 cm³/mol. The minimum absolute atomic E-state index is 0.305. The standard InChI is InChI=1S/C15H27N3O/c1-5-14-13(9-16-12-7-8-12)15(6-2)18(17-14)11(3)10-19-4/h11-12,16H,5-10H2,1-4H3. The molecule has 4 heteroatoms. The van der Waals surface area contributed by atoms with Crippen LogP contribution in [0.4, 0.5) is 0 Å². The summed E-state index contributed by atoms with van der Waals surface area (Å²) in [6, 6.07) is 1.05. The van der Waals surface area contributed by atoms with Crippen molar-refractivity contribution in [1.29, 1.82) is 0 Å². The van der Waals surface area contributed by atoms with Crippen LogP contribution in [0.2, 0.25) is 0 Å². The number of hydrogen-bond donors (Lipinski definition) is 1. The Morgan fingerprint density at radius 1 is 1.37 bits per heavy atom. The summed E-state index contributed by atoms with van der Waals surface area (Å²) in [5.74, 6) is 0. The largest absolute Gasteiger partial charge is 0.382 e. The van der Waals surface area contributed by atoms with Crippen LogP contribution in [0.3, 0.4) is 0 Å². The molecule has 1 saturated carbocycles. The molecule has 0 aliphatic heterocycles. The van der Waals surface area contributed by atoms with E-state index in [1.54, 1.807) is 7.11 Å². The van der Waals surface area contributed by atoms with Gasteiger partial charge in [-0.3, -0.25) is 4.68 Å². The van der Waals surface area contributed by atoms with Crippen LogP contribution >= 0.6 is 0 Å². The molecule has 1 atom stereocenters. The second-order valence-corrected chi connectivity index (χ2v) is 5.48. The number of nitrogens with zero attached hydrogens (tertiary/aromatic N) is 2. The molecule has 1 fully saturated rings. The van der Waals surface area contributed by atoms with Crippen molar-refractivity contribution in [3.8, 4) is 0 Å². The first-order valence-electron chi connectivity index (χ1n) is 7.52. The van der Waals surface area contributed by atoms with Crippen molar-refractivity contribution in [2.24, 2.45) is 0 Å². The van der Waals surface area contributed by atoms with Gasteiger partial charge in [0.1, 0.15) is 0 Å². The molecule has 1 aromatic rings. The normalized spacial score (nSPS) is 16.8. The van der Waals surface area contributed by atoms with E-state index >= 15 is 0 Å². The number of rotatable bonds is 8. The highest BCUT2D eigenvalue weighted by Gasteiger charge is 2.23. The van der Waals surface area contributed by atoms with Gasteiger partial charge in [0.15, 0.2) is 0 Å². The van der Waals surface area contributed by atoms with Gasteiger partial charge in [-0.15, -0.1) is 0 Å². The number of nitrogens with one attached hydrogen (secondary N) is 1. The summed E-state index contributed by atoms with van der Waals surface area (Å²) in [6.07, 6.45) is 4.69. The summed E-state index contributed by atoms with van der Waals surface area (Å²) in [4.78, 5) is 0. The molecule has 1 N–H and O–H groups in total. The fraction of sp³-hybridized carbons (Fsp3) is 0.800. The topological polar surface area (TPSA) is 39.1 Å². The van der Waals surface area contributed by atoms with E-state index in [9.17, 15) is 0 Å². The lowest BCUT2D eigenvalue weighted by atomic mass is 10.1. The molecule has 0 radical (unpaired) electrons. The highest BCUT2D eigenvalue weighted by atomic mass is 16.5. The molecular formula is C15H27N3O. The zero-order valence-electron chi connectivity index (χ0n) is 12.7. The Labute approximate surface area is 116 Å². The van der Waals surface area contributed by atoms with E-state index in [2.05, 4.69) is 30.8 Å². The van der Waals surface area contributed by atoms with Gasteiger partial charge < -0.3 is 10.1 Å². The van der Waals surface area contributed by atoms with Gasteiger partial charge in [0.05, 0.1) is 18.3 Å².